The molecule has 0 fully saturated rings. The van der Waals surface area contributed by atoms with E-state index in [1.807, 2.05) is 0 Å². The van der Waals surface area contributed by atoms with E-state index in [0.717, 1.165) is 0 Å². The molecule has 0 heterocycles. The summed E-state index contributed by atoms with van der Waals surface area (Å²) >= 11 is 12.1. The highest BCUT2D eigenvalue weighted by Gasteiger charge is 2.12. The first-order chi connectivity index (χ1) is 9.49. The van der Waals surface area contributed by atoms with E-state index < -0.39 is 11.9 Å². The molecule has 2 aromatic rings. The highest BCUT2D eigenvalue weighted by Crippen LogP contribution is 2.29. The number of hydrogen-bond acceptors (Lipinski definition) is 2. The first kappa shape index (κ1) is 15.1. The number of ether oxygens (including phenoxy) is 1. The molecule has 0 spiro atoms. The molecule has 0 aliphatic rings. The molecule has 2 rings (SSSR count). The normalized spacial score (nSPS) is 12.2. The molecular formula is C15H13Cl2FO2. The van der Waals surface area contributed by atoms with E-state index in [9.17, 15) is 9.50 Å². The maximum Gasteiger partial charge on any atom is 0.128 e. The Hall–Kier alpha value is -1.29. The molecule has 0 aromatic heterocycles. The highest BCUT2D eigenvalue weighted by atomic mass is 35.5. The lowest BCUT2D eigenvalue weighted by Crippen LogP contribution is -2.02. The van der Waals surface area contributed by atoms with Gasteiger partial charge in [0.25, 0.3) is 0 Å². The van der Waals surface area contributed by atoms with E-state index in [1.165, 1.54) is 18.2 Å². The molecule has 0 aliphatic heterocycles. The van der Waals surface area contributed by atoms with E-state index in [1.54, 1.807) is 25.1 Å². The van der Waals surface area contributed by atoms with Crippen LogP contribution in [-0.2, 0) is 6.61 Å². The van der Waals surface area contributed by atoms with Crippen LogP contribution in [0.2, 0.25) is 10.0 Å². The average molecular weight is 315 g/mol. The molecule has 0 radical (unpaired) electrons. The summed E-state index contributed by atoms with van der Waals surface area (Å²) in [4.78, 5) is 0. The summed E-state index contributed by atoms with van der Waals surface area (Å²) in [6.45, 7) is 1.68. The minimum atomic E-state index is -0.757. The van der Waals surface area contributed by atoms with E-state index in [2.05, 4.69) is 0 Å². The second-order valence-corrected chi connectivity index (χ2v) is 5.16. The lowest BCUT2D eigenvalue weighted by Gasteiger charge is -2.14. The summed E-state index contributed by atoms with van der Waals surface area (Å²) in [6, 6.07) is 9.13. The van der Waals surface area contributed by atoms with Crippen molar-refractivity contribution >= 4 is 23.2 Å². The van der Waals surface area contributed by atoms with Gasteiger partial charge >= 0.3 is 0 Å². The van der Waals surface area contributed by atoms with E-state index >= 15 is 0 Å². The first-order valence-corrected chi connectivity index (χ1v) is 6.78. The number of aliphatic hydroxyl groups is 1. The van der Waals surface area contributed by atoms with Gasteiger partial charge < -0.3 is 9.84 Å². The van der Waals surface area contributed by atoms with Gasteiger partial charge in [0.05, 0.1) is 6.10 Å². The van der Waals surface area contributed by atoms with Crippen LogP contribution in [0.5, 0.6) is 5.75 Å². The quantitative estimate of drug-likeness (QED) is 0.881. The largest absolute Gasteiger partial charge is 0.488 e. The summed E-state index contributed by atoms with van der Waals surface area (Å²) in [7, 11) is 0. The van der Waals surface area contributed by atoms with Crippen molar-refractivity contribution in [3.8, 4) is 5.75 Å². The van der Waals surface area contributed by atoms with Gasteiger partial charge in [0.15, 0.2) is 0 Å². The summed E-state index contributed by atoms with van der Waals surface area (Å²) in [5.41, 5.74) is 1.13. The molecule has 1 N–H and O–H groups in total. The number of aliphatic hydroxyl groups excluding tert-OH is 1. The third-order valence-corrected chi connectivity index (χ3v) is 3.57. The fraction of sp³-hybridized carbons (Fsp3) is 0.200. The molecule has 0 bridgehead atoms. The lowest BCUT2D eigenvalue weighted by molar-refractivity contribution is 0.190. The van der Waals surface area contributed by atoms with Gasteiger partial charge in [-0.1, -0.05) is 29.3 Å². The van der Waals surface area contributed by atoms with Crippen molar-refractivity contribution in [1.82, 2.24) is 0 Å². The number of halogens is 3. The molecule has 0 saturated heterocycles. The zero-order chi connectivity index (χ0) is 14.7. The van der Waals surface area contributed by atoms with Gasteiger partial charge in [0.2, 0.25) is 0 Å². The number of rotatable bonds is 4. The minimum absolute atomic E-state index is 0.0989. The van der Waals surface area contributed by atoms with Gasteiger partial charge in [0, 0.05) is 27.2 Å². The van der Waals surface area contributed by atoms with Crippen molar-refractivity contribution in [2.75, 3.05) is 0 Å². The Morgan fingerprint density at radius 1 is 1.20 bits per heavy atom. The molecule has 2 nitrogen and oxygen atoms in total. The Balaban J connectivity index is 2.25. The Morgan fingerprint density at radius 3 is 2.45 bits per heavy atom. The van der Waals surface area contributed by atoms with Gasteiger partial charge in [-0.15, -0.1) is 0 Å². The van der Waals surface area contributed by atoms with Gasteiger partial charge in [-0.05, 0) is 31.2 Å². The molecule has 0 amide bonds. The van der Waals surface area contributed by atoms with Crippen LogP contribution in [0.4, 0.5) is 4.39 Å². The van der Waals surface area contributed by atoms with Crippen LogP contribution in [0, 0.1) is 5.82 Å². The SMILES string of the molecule is CC(O)c1ccc(F)cc1OCc1c(Cl)cccc1Cl. The first-order valence-electron chi connectivity index (χ1n) is 6.02. The van der Waals surface area contributed by atoms with Crippen molar-refractivity contribution in [1.29, 1.82) is 0 Å². The van der Waals surface area contributed by atoms with E-state index in [-0.39, 0.29) is 12.4 Å². The molecule has 20 heavy (non-hydrogen) atoms. The monoisotopic (exact) mass is 314 g/mol. The molecule has 2 aromatic carbocycles. The standard InChI is InChI=1S/C15H13Cl2FO2/c1-9(19)11-6-5-10(18)7-15(11)20-8-12-13(16)3-2-4-14(12)17/h2-7,9,19H,8H2,1H3. The van der Waals surface area contributed by atoms with Crippen LogP contribution >= 0.6 is 23.2 Å². The summed E-state index contributed by atoms with van der Waals surface area (Å²) < 4.78 is 18.8. The second-order valence-electron chi connectivity index (χ2n) is 4.35. The molecule has 5 heteroatoms. The van der Waals surface area contributed by atoms with Crippen molar-refractivity contribution in [2.45, 2.75) is 19.6 Å². The van der Waals surface area contributed by atoms with Crippen LogP contribution in [0.15, 0.2) is 36.4 Å². The zero-order valence-corrected chi connectivity index (χ0v) is 12.2. The summed E-state index contributed by atoms with van der Waals surface area (Å²) in [5.74, 6) is -0.161. The fourth-order valence-electron chi connectivity index (χ4n) is 1.80. The molecule has 0 saturated carbocycles. The highest BCUT2D eigenvalue weighted by molar-refractivity contribution is 6.35. The smallest absolute Gasteiger partial charge is 0.128 e. The number of benzene rings is 2. The predicted octanol–water partition coefficient (Wildman–Crippen LogP) is 4.76. The molecule has 1 unspecified atom stereocenters. The molecule has 1 atom stereocenters. The van der Waals surface area contributed by atoms with Gasteiger partial charge in [0.1, 0.15) is 18.2 Å². The maximum absolute atomic E-state index is 13.3. The van der Waals surface area contributed by atoms with Gasteiger partial charge in [-0.25, -0.2) is 4.39 Å². The Kier molecular flexibility index (Phi) is 4.86. The Labute approximate surface area is 126 Å². The van der Waals surface area contributed by atoms with Gasteiger partial charge in [-0.2, -0.15) is 0 Å². The fourth-order valence-corrected chi connectivity index (χ4v) is 2.31. The maximum atomic E-state index is 13.3. The van der Waals surface area contributed by atoms with Crippen LogP contribution in [-0.4, -0.2) is 5.11 Å². The number of hydrogen-bond donors (Lipinski definition) is 1. The van der Waals surface area contributed by atoms with Gasteiger partial charge in [-0.3, -0.25) is 0 Å². The predicted molar refractivity (Wildman–Crippen MR) is 77.8 cm³/mol. The third kappa shape index (κ3) is 3.42. The van der Waals surface area contributed by atoms with Crippen LogP contribution < -0.4 is 4.74 Å². The van der Waals surface area contributed by atoms with Crippen molar-refractivity contribution in [2.24, 2.45) is 0 Å². The summed E-state index contributed by atoms with van der Waals surface area (Å²) in [5, 5.41) is 10.6. The van der Waals surface area contributed by atoms with Crippen LogP contribution in [0.3, 0.4) is 0 Å². The van der Waals surface area contributed by atoms with Crippen LogP contribution in [0.1, 0.15) is 24.2 Å². The third-order valence-electron chi connectivity index (χ3n) is 2.86. The molecule has 106 valence electrons. The van der Waals surface area contributed by atoms with Crippen LogP contribution in [0.25, 0.3) is 0 Å². The van der Waals surface area contributed by atoms with E-state index in [4.69, 9.17) is 27.9 Å². The van der Waals surface area contributed by atoms with Crippen molar-refractivity contribution in [3.05, 3.63) is 63.4 Å². The second kappa shape index (κ2) is 6.44. The van der Waals surface area contributed by atoms with Crippen molar-refractivity contribution in [3.63, 3.8) is 0 Å². The Bertz CT molecular complexity index is 595. The topological polar surface area (TPSA) is 29.5 Å². The average Bonchev–Trinajstić information content (AvgIpc) is 2.37. The minimum Gasteiger partial charge on any atom is -0.488 e. The van der Waals surface area contributed by atoms with E-state index in [0.29, 0.717) is 21.2 Å². The summed E-state index contributed by atoms with van der Waals surface area (Å²) in [6.07, 6.45) is -0.757. The zero-order valence-electron chi connectivity index (χ0n) is 10.7. The molecular weight excluding hydrogens is 302 g/mol. The Morgan fingerprint density at radius 2 is 1.85 bits per heavy atom. The van der Waals surface area contributed by atoms with Crippen molar-refractivity contribution < 1.29 is 14.2 Å². The molecule has 0 aliphatic carbocycles. The lowest BCUT2D eigenvalue weighted by atomic mass is 10.1.